The van der Waals surface area contributed by atoms with Gasteiger partial charge in [-0.1, -0.05) is 23.7 Å². The quantitative estimate of drug-likeness (QED) is 0.663. The topological polar surface area (TPSA) is 87.3 Å². The first-order chi connectivity index (χ1) is 9.78. The number of hydrogen-bond donors (Lipinski definition) is 3. The SMILES string of the molecule is C[C@@H](NC(=O)NCCCNS(C)(=O)=O)c1ccc(Cl)cc1. The lowest BCUT2D eigenvalue weighted by Gasteiger charge is -2.15. The Kier molecular flexibility index (Phi) is 6.94. The second-order valence-corrected chi connectivity index (χ2v) is 6.96. The molecule has 0 aliphatic rings. The zero-order valence-corrected chi connectivity index (χ0v) is 13.6. The number of nitrogens with one attached hydrogen (secondary N) is 3. The lowest BCUT2D eigenvalue weighted by molar-refractivity contribution is 0.238. The van der Waals surface area contributed by atoms with Gasteiger partial charge in [-0.15, -0.1) is 0 Å². The van der Waals surface area contributed by atoms with Crippen LogP contribution in [0.4, 0.5) is 4.79 Å². The maximum atomic E-state index is 11.7. The van der Waals surface area contributed by atoms with E-state index in [2.05, 4.69) is 15.4 Å². The fourth-order valence-electron chi connectivity index (χ4n) is 1.63. The molecule has 0 radical (unpaired) electrons. The highest BCUT2D eigenvalue weighted by Gasteiger charge is 2.08. The standard InChI is InChI=1S/C13H20ClN3O3S/c1-10(11-4-6-12(14)7-5-11)17-13(18)15-8-3-9-16-21(2,19)20/h4-7,10,16H,3,8-9H2,1-2H3,(H2,15,17,18)/t10-/m1/s1. The maximum absolute atomic E-state index is 11.7. The number of hydrogen-bond acceptors (Lipinski definition) is 3. The summed E-state index contributed by atoms with van der Waals surface area (Å²) in [5.74, 6) is 0. The van der Waals surface area contributed by atoms with Crippen molar-refractivity contribution in [1.82, 2.24) is 15.4 Å². The van der Waals surface area contributed by atoms with Crippen molar-refractivity contribution in [2.75, 3.05) is 19.3 Å². The Morgan fingerprint density at radius 2 is 1.86 bits per heavy atom. The maximum Gasteiger partial charge on any atom is 0.315 e. The summed E-state index contributed by atoms with van der Waals surface area (Å²) in [6.07, 6.45) is 1.62. The number of carbonyl (C=O) groups excluding carboxylic acids is 1. The van der Waals surface area contributed by atoms with Crippen molar-refractivity contribution in [1.29, 1.82) is 0 Å². The van der Waals surface area contributed by atoms with Gasteiger partial charge in [0.1, 0.15) is 0 Å². The van der Waals surface area contributed by atoms with Crippen molar-refractivity contribution in [3.05, 3.63) is 34.9 Å². The molecular weight excluding hydrogens is 314 g/mol. The highest BCUT2D eigenvalue weighted by atomic mass is 35.5. The number of rotatable bonds is 7. The second-order valence-electron chi connectivity index (χ2n) is 4.69. The normalized spacial score (nSPS) is 12.7. The first-order valence-corrected chi connectivity index (χ1v) is 8.79. The predicted octanol–water partition coefficient (Wildman–Crippen LogP) is 1.64. The van der Waals surface area contributed by atoms with Crippen molar-refractivity contribution in [2.24, 2.45) is 0 Å². The zero-order valence-electron chi connectivity index (χ0n) is 12.0. The van der Waals surface area contributed by atoms with Gasteiger partial charge in [-0.05, 0) is 31.0 Å². The lowest BCUT2D eigenvalue weighted by Crippen LogP contribution is -2.38. The van der Waals surface area contributed by atoms with E-state index in [1.807, 2.05) is 19.1 Å². The van der Waals surface area contributed by atoms with Crippen LogP contribution in [0.2, 0.25) is 5.02 Å². The molecule has 0 unspecified atom stereocenters. The van der Waals surface area contributed by atoms with E-state index in [0.29, 0.717) is 24.5 Å². The minimum atomic E-state index is -3.17. The minimum Gasteiger partial charge on any atom is -0.338 e. The van der Waals surface area contributed by atoms with Gasteiger partial charge in [0, 0.05) is 18.1 Å². The van der Waals surface area contributed by atoms with Gasteiger partial charge < -0.3 is 10.6 Å². The fourth-order valence-corrected chi connectivity index (χ4v) is 2.27. The van der Waals surface area contributed by atoms with Crippen LogP contribution >= 0.6 is 11.6 Å². The molecule has 2 amide bonds. The number of halogens is 1. The Morgan fingerprint density at radius 3 is 2.43 bits per heavy atom. The van der Waals surface area contributed by atoms with E-state index in [0.717, 1.165) is 11.8 Å². The largest absolute Gasteiger partial charge is 0.338 e. The number of amides is 2. The molecule has 1 aromatic rings. The molecule has 0 saturated heterocycles. The summed E-state index contributed by atoms with van der Waals surface area (Å²) in [5.41, 5.74) is 0.952. The summed E-state index contributed by atoms with van der Waals surface area (Å²) in [4.78, 5) is 11.7. The third kappa shape index (κ3) is 7.89. The van der Waals surface area contributed by atoms with Crippen LogP contribution in [0, 0.1) is 0 Å². The molecule has 0 saturated carbocycles. The van der Waals surface area contributed by atoms with Gasteiger partial charge in [0.15, 0.2) is 0 Å². The highest BCUT2D eigenvalue weighted by molar-refractivity contribution is 7.88. The molecule has 0 fully saturated rings. The van der Waals surface area contributed by atoms with E-state index >= 15 is 0 Å². The summed E-state index contributed by atoms with van der Waals surface area (Å²) in [7, 11) is -3.17. The van der Waals surface area contributed by atoms with Gasteiger partial charge >= 0.3 is 6.03 Å². The summed E-state index contributed by atoms with van der Waals surface area (Å²) < 4.78 is 24.0. The summed E-state index contributed by atoms with van der Waals surface area (Å²) in [5, 5.41) is 6.11. The summed E-state index contributed by atoms with van der Waals surface area (Å²) >= 11 is 5.80. The van der Waals surface area contributed by atoms with Crippen LogP contribution in [0.3, 0.4) is 0 Å². The molecule has 0 bridgehead atoms. The molecule has 1 atom stereocenters. The predicted molar refractivity (Wildman–Crippen MR) is 83.9 cm³/mol. The number of urea groups is 1. The molecular formula is C13H20ClN3O3S. The minimum absolute atomic E-state index is 0.142. The summed E-state index contributed by atoms with van der Waals surface area (Å²) in [6.45, 7) is 2.56. The summed E-state index contributed by atoms with van der Waals surface area (Å²) in [6, 6.07) is 6.80. The zero-order chi connectivity index (χ0) is 15.9. The van der Waals surface area contributed by atoms with Crippen molar-refractivity contribution >= 4 is 27.7 Å². The van der Waals surface area contributed by atoms with Crippen molar-refractivity contribution in [3.8, 4) is 0 Å². The van der Waals surface area contributed by atoms with Crippen LogP contribution < -0.4 is 15.4 Å². The first kappa shape index (κ1) is 17.7. The smallest absolute Gasteiger partial charge is 0.315 e. The van der Waals surface area contributed by atoms with Gasteiger partial charge in [-0.3, -0.25) is 0 Å². The number of benzene rings is 1. The monoisotopic (exact) mass is 333 g/mol. The average molecular weight is 334 g/mol. The van der Waals surface area contributed by atoms with Crippen LogP contribution in [0.25, 0.3) is 0 Å². The first-order valence-electron chi connectivity index (χ1n) is 6.52. The molecule has 0 aliphatic carbocycles. The molecule has 0 spiro atoms. The van der Waals surface area contributed by atoms with Crippen LogP contribution in [-0.4, -0.2) is 33.8 Å². The van der Waals surface area contributed by atoms with E-state index in [9.17, 15) is 13.2 Å². The van der Waals surface area contributed by atoms with Gasteiger partial charge in [-0.25, -0.2) is 17.9 Å². The third-order valence-electron chi connectivity index (χ3n) is 2.72. The number of carbonyl (C=O) groups is 1. The Hall–Kier alpha value is -1.31. The fraction of sp³-hybridized carbons (Fsp3) is 0.462. The highest BCUT2D eigenvalue weighted by Crippen LogP contribution is 2.15. The van der Waals surface area contributed by atoms with E-state index in [-0.39, 0.29) is 12.1 Å². The Labute approximate surface area is 130 Å². The Morgan fingerprint density at radius 1 is 1.24 bits per heavy atom. The van der Waals surface area contributed by atoms with E-state index in [4.69, 9.17) is 11.6 Å². The van der Waals surface area contributed by atoms with Crippen molar-refractivity contribution in [3.63, 3.8) is 0 Å². The van der Waals surface area contributed by atoms with Crippen LogP contribution in [0.5, 0.6) is 0 Å². The molecule has 1 rings (SSSR count). The second kappa shape index (κ2) is 8.21. The third-order valence-corrected chi connectivity index (χ3v) is 3.70. The molecule has 8 heteroatoms. The Bertz CT molecular complexity index is 561. The van der Waals surface area contributed by atoms with E-state index in [1.54, 1.807) is 12.1 Å². The molecule has 0 aliphatic heterocycles. The van der Waals surface area contributed by atoms with E-state index in [1.165, 1.54) is 0 Å². The van der Waals surface area contributed by atoms with Crippen LogP contribution in [-0.2, 0) is 10.0 Å². The molecule has 6 nitrogen and oxygen atoms in total. The molecule has 21 heavy (non-hydrogen) atoms. The van der Waals surface area contributed by atoms with Gasteiger partial charge in [-0.2, -0.15) is 0 Å². The number of sulfonamides is 1. The molecule has 0 aromatic heterocycles. The van der Waals surface area contributed by atoms with Crippen molar-refractivity contribution < 1.29 is 13.2 Å². The van der Waals surface area contributed by atoms with Gasteiger partial charge in [0.2, 0.25) is 10.0 Å². The molecule has 118 valence electrons. The Balaban J connectivity index is 2.25. The average Bonchev–Trinajstić information content (AvgIpc) is 2.37. The molecule has 3 N–H and O–H groups in total. The van der Waals surface area contributed by atoms with Crippen LogP contribution in [0.15, 0.2) is 24.3 Å². The molecule has 1 aromatic carbocycles. The molecule has 0 heterocycles. The van der Waals surface area contributed by atoms with E-state index < -0.39 is 10.0 Å². The van der Waals surface area contributed by atoms with Gasteiger partial charge in [0.25, 0.3) is 0 Å². The van der Waals surface area contributed by atoms with Crippen molar-refractivity contribution in [2.45, 2.75) is 19.4 Å². The lowest BCUT2D eigenvalue weighted by atomic mass is 10.1. The van der Waals surface area contributed by atoms with Crippen LogP contribution in [0.1, 0.15) is 24.9 Å². The van der Waals surface area contributed by atoms with Gasteiger partial charge in [0.05, 0.1) is 12.3 Å².